The second-order valence-electron chi connectivity index (χ2n) is 6.28. The highest BCUT2D eigenvalue weighted by Gasteiger charge is 2.20. The number of hydrogen-bond acceptors (Lipinski definition) is 5. The lowest BCUT2D eigenvalue weighted by atomic mass is 10.1. The summed E-state index contributed by atoms with van der Waals surface area (Å²) in [4.78, 5) is 12.4. The molecule has 0 radical (unpaired) electrons. The van der Waals surface area contributed by atoms with Crippen molar-refractivity contribution >= 4 is 35.1 Å². The highest BCUT2D eigenvalue weighted by molar-refractivity contribution is 8.19. The van der Waals surface area contributed by atoms with Gasteiger partial charge in [0.15, 0.2) is 18.1 Å². The van der Waals surface area contributed by atoms with Crippen molar-refractivity contribution < 1.29 is 14.3 Å². The molecule has 144 valence electrons. The third-order valence-electron chi connectivity index (χ3n) is 4.44. The predicted octanol–water partition coefficient (Wildman–Crippen LogP) is 5.06. The van der Waals surface area contributed by atoms with Crippen molar-refractivity contribution in [1.82, 2.24) is 0 Å². The Bertz CT molecular complexity index is 804. The van der Waals surface area contributed by atoms with Crippen LogP contribution in [0.3, 0.4) is 0 Å². The maximum atomic E-state index is 12.4. The smallest absolute Gasteiger partial charge is 0.262 e. The zero-order valence-corrected chi connectivity index (χ0v) is 17.5. The van der Waals surface area contributed by atoms with Gasteiger partial charge in [0.25, 0.3) is 5.91 Å². The van der Waals surface area contributed by atoms with E-state index in [0.29, 0.717) is 16.1 Å². The molecule has 6 heteroatoms. The van der Waals surface area contributed by atoms with Crippen molar-refractivity contribution in [2.45, 2.75) is 24.9 Å². The molecule has 0 aliphatic carbocycles. The van der Waals surface area contributed by atoms with E-state index in [1.807, 2.05) is 60.8 Å². The Morgan fingerprint density at radius 2 is 1.96 bits per heavy atom. The first-order chi connectivity index (χ1) is 13.1. The fourth-order valence-corrected chi connectivity index (χ4v) is 5.86. The molecule has 1 heterocycles. The van der Waals surface area contributed by atoms with E-state index in [-0.39, 0.29) is 12.5 Å². The summed E-state index contributed by atoms with van der Waals surface area (Å²) in [5.41, 5.74) is 4.28. The molecule has 1 fully saturated rings. The molecule has 2 aromatic rings. The number of ether oxygens (including phenoxy) is 2. The van der Waals surface area contributed by atoms with Crippen LogP contribution in [0, 0.1) is 6.92 Å². The zero-order chi connectivity index (χ0) is 19.2. The number of aryl methyl sites for hydroxylation is 2. The standard InChI is InChI=1S/C21H25NO3S2/c1-4-15-7-5-6-14(2)20(15)22-19(23)13-25-17-9-8-16(12-18(17)24-3)21-26-10-11-27-21/h5-9,12,21H,4,10-11,13H2,1-3H3,(H,22,23). The van der Waals surface area contributed by atoms with Gasteiger partial charge in [-0.3, -0.25) is 4.79 Å². The van der Waals surface area contributed by atoms with Gasteiger partial charge in [0.05, 0.1) is 11.7 Å². The summed E-state index contributed by atoms with van der Waals surface area (Å²) in [6.07, 6.45) is 0.866. The van der Waals surface area contributed by atoms with Crippen LogP contribution in [0.5, 0.6) is 11.5 Å². The van der Waals surface area contributed by atoms with Crippen LogP contribution >= 0.6 is 23.5 Å². The highest BCUT2D eigenvalue weighted by Crippen LogP contribution is 2.46. The minimum absolute atomic E-state index is 0.0554. The van der Waals surface area contributed by atoms with Crippen molar-refractivity contribution in [3.05, 3.63) is 53.1 Å². The SMILES string of the molecule is CCc1cccc(C)c1NC(=O)COc1ccc(C2SCCS2)cc1OC. The Morgan fingerprint density at radius 1 is 1.19 bits per heavy atom. The summed E-state index contributed by atoms with van der Waals surface area (Å²) in [6, 6.07) is 12.0. The van der Waals surface area contributed by atoms with Crippen LogP contribution in [0.4, 0.5) is 5.69 Å². The molecule has 27 heavy (non-hydrogen) atoms. The van der Waals surface area contributed by atoms with Crippen molar-refractivity contribution in [2.24, 2.45) is 0 Å². The van der Waals surface area contributed by atoms with Crippen LogP contribution in [0.1, 0.15) is 28.2 Å². The zero-order valence-electron chi connectivity index (χ0n) is 15.9. The van der Waals surface area contributed by atoms with Gasteiger partial charge in [-0.05, 0) is 42.2 Å². The summed E-state index contributed by atoms with van der Waals surface area (Å²) in [7, 11) is 1.63. The average Bonchev–Trinajstić information content (AvgIpc) is 3.22. The second-order valence-corrected chi connectivity index (χ2v) is 9.01. The molecule has 0 bridgehead atoms. The van der Waals surface area contributed by atoms with Gasteiger partial charge in [-0.2, -0.15) is 0 Å². The normalized spacial score (nSPS) is 14.2. The molecular formula is C21H25NO3S2. The van der Waals surface area contributed by atoms with Gasteiger partial charge in [0, 0.05) is 17.2 Å². The second kappa shape index (κ2) is 9.42. The molecule has 1 aliphatic rings. The fourth-order valence-electron chi connectivity index (χ4n) is 3.02. The van der Waals surface area contributed by atoms with Crippen LogP contribution in [0.25, 0.3) is 0 Å². The average molecular weight is 404 g/mol. The van der Waals surface area contributed by atoms with E-state index in [1.165, 1.54) is 17.1 Å². The van der Waals surface area contributed by atoms with Gasteiger partial charge in [-0.1, -0.05) is 31.2 Å². The molecule has 0 spiro atoms. The maximum absolute atomic E-state index is 12.4. The number of benzene rings is 2. The third-order valence-corrected chi connectivity index (χ3v) is 7.55. The largest absolute Gasteiger partial charge is 0.493 e. The molecule has 0 atom stereocenters. The minimum Gasteiger partial charge on any atom is -0.493 e. The summed E-state index contributed by atoms with van der Waals surface area (Å²) < 4.78 is 11.7. The van der Waals surface area contributed by atoms with E-state index in [1.54, 1.807) is 7.11 Å². The van der Waals surface area contributed by atoms with E-state index >= 15 is 0 Å². The van der Waals surface area contributed by atoms with Gasteiger partial charge in [-0.25, -0.2) is 0 Å². The lowest BCUT2D eigenvalue weighted by molar-refractivity contribution is -0.118. The number of nitrogens with one attached hydrogen (secondary N) is 1. The first kappa shape index (κ1) is 20.0. The third kappa shape index (κ3) is 4.93. The van der Waals surface area contributed by atoms with E-state index in [4.69, 9.17) is 9.47 Å². The van der Waals surface area contributed by atoms with Crippen molar-refractivity contribution in [3.8, 4) is 11.5 Å². The molecule has 0 aromatic heterocycles. The van der Waals surface area contributed by atoms with E-state index in [2.05, 4.69) is 18.3 Å². The summed E-state index contributed by atoms with van der Waals surface area (Å²) in [5, 5.41) is 2.98. The highest BCUT2D eigenvalue weighted by atomic mass is 32.2. The quantitative estimate of drug-likeness (QED) is 0.700. The number of para-hydroxylation sites is 1. The van der Waals surface area contributed by atoms with E-state index in [0.717, 1.165) is 23.2 Å². The number of anilines is 1. The van der Waals surface area contributed by atoms with Crippen LogP contribution < -0.4 is 14.8 Å². The van der Waals surface area contributed by atoms with Crippen LogP contribution in [-0.2, 0) is 11.2 Å². The number of carbonyl (C=O) groups is 1. The maximum Gasteiger partial charge on any atom is 0.262 e. The molecular weight excluding hydrogens is 378 g/mol. The monoisotopic (exact) mass is 403 g/mol. The Morgan fingerprint density at radius 3 is 2.67 bits per heavy atom. The van der Waals surface area contributed by atoms with Gasteiger partial charge in [0.1, 0.15) is 0 Å². The first-order valence-corrected chi connectivity index (χ1v) is 11.1. The minimum atomic E-state index is -0.174. The summed E-state index contributed by atoms with van der Waals surface area (Å²) in [5.74, 6) is 3.43. The predicted molar refractivity (Wildman–Crippen MR) is 115 cm³/mol. The van der Waals surface area contributed by atoms with Gasteiger partial charge >= 0.3 is 0 Å². The van der Waals surface area contributed by atoms with Crippen molar-refractivity contribution in [2.75, 3.05) is 30.5 Å². The molecule has 0 saturated carbocycles. The Balaban J connectivity index is 1.65. The lowest BCUT2D eigenvalue weighted by Crippen LogP contribution is -2.21. The van der Waals surface area contributed by atoms with E-state index < -0.39 is 0 Å². The lowest BCUT2D eigenvalue weighted by Gasteiger charge is -2.16. The molecule has 1 saturated heterocycles. The Hall–Kier alpha value is -1.79. The number of rotatable bonds is 7. The molecule has 0 unspecified atom stereocenters. The summed E-state index contributed by atoms with van der Waals surface area (Å²) in [6.45, 7) is 4.02. The van der Waals surface area contributed by atoms with Crippen molar-refractivity contribution in [1.29, 1.82) is 0 Å². The number of amides is 1. The van der Waals surface area contributed by atoms with Crippen LogP contribution in [-0.4, -0.2) is 31.1 Å². The van der Waals surface area contributed by atoms with Gasteiger partial charge < -0.3 is 14.8 Å². The Labute approximate surface area is 169 Å². The molecule has 1 aliphatic heterocycles. The molecule has 2 aromatic carbocycles. The Kier molecular flexibility index (Phi) is 6.96. The topological polar surface area (TPSA) is 47.6 Å². The van der Waals surface area contributed by atoms with Crippen LogP contribution in [0.2, 0.25) is 0 Å². The number of thioether (sulfide) groups is 2. The van der Waals surface area contributed by atoms with Crippen LogP contribution in [0.15, 0.2) is 36.4 Å². The van der Waals surface area contributed by atoms with Gasteiger partial charge in [-0.15, -0.1) is 23.5 Å². The number of carbonyl (C=O) groups excluding carboxylic acids is 1. The number of hydrogen-bond donors (Lipinski definition) is 1. The number of methoxy groups -OCH3 is 1. The first-order valence-electron chi connectivity index (χ1n) is 9.04. The van der Waals surface area contributed by atoms with Gasteiger partial charge in [0.2, 0.25) is 0 Å². The fraction of sp³-hybridized carbons (Fsp3) is 0.381. The summed E-state index contributed by atoms with van der Waals surface area (Å²) >= 11 is 3.89. The molecule has 3 rings (SSSR count). The van der Waals surface area contributed by atoms with Crippen molar-refractivity contribution in [3.63, 3.8) is 0 Å². The van der Waals surface area contributed by atoms with E-state index in [9.17, 15) is 4.79 Å². The molecule has 4 nitrogen and oxygen atoms in total. The molecule has 1 N–H and O–H groups in total. The molecule has 1 amide bonds.